The molecule has 1 fully saturated rings. The van der Waals surface area contributed by atoms with Crippen LogP contribution in [0.1, 0.15) is 44.3 Å². The molecule has 0 saturated carbocycles. The topological polar surface area (TPSA) is 88.8 Å². The van der Waals surface area contributed by atoms with Crippen LogP contribution in [0, 0.1) is 0 Å². The number of nitrogens with zero attached hydrogens (tertiary/aromatic N) is 1. The normalized spacial score (nSPS) is 15.5. The van der Waals surface area contributed by atoms with Crippen molar-refractivity contribution >= 4 is 46.8 Å². The second-order valence-corrected chi connectivity index (χ2v) is 8.73. The lowest BCUT2D eigenvalue weighted by atomic mass is 10.1. The molecule has 1 N–H and O–H groups in total. The molecule has 2 heterocycles. The highest BCUT2D eigenvalue weighted by atomic mass is 35.5. The minimum atomic E-state index is -0.514. The van der Waals surface area contributed by atoms with Crippen molar-refractivity contribution in [3.63, 3.8) is 0 Å². The van der Waals surface area contributed by atoms with E-state index in [2.05, 4.69) is 5.32 Å². The van der Waals surface area contributed by atoms with E-state index in [4.69, 9.17) is 20.8 Å². The van der Waals surface area contributed by atoms with Gasteiger partial charge < -0.3 is 19.4 Å². The van der Waals surface area contributed by atoms with Crippen LogP contribution in [0.5, 0.6) is 0 Å². The molecule has 1 aliphatic heterocycles. The number of halogens is 1. The number of benzene rings is 2. The lowest BCUT2D eigenvalue weighted by Crippen LogP contribution is -2.27. The van der Waals surface area contributed by atoms with Crippen molar-refractivity contribution in [2.24, 2.45) is 0 Å². The summed E-state index contributed by atoms with van der Waals surface area (Å²) in [5.41, 5.74) is 2.08. The van der Waals surface area contributed by atoms with Gasteiger partial charge in [-0.15, -0.1) is 11.8 Å². The lowest BCUT2D eigenvalue weighted by Gasteiger charge is -2.23. The number of thioether (sulfide) groups is 1. The fraction of sp³-hybridized carbons (Fsp3) is 0.208. The molecule has 1 saturated heterocycles. The average Bonchev–Trinajstić information content (AvgIpc) is 3.44. The van der Waals surface area contributed by atoms with Gasteiger partial charge in [0.25, 0.3) is 5.91 Å². The third-order valence-electron chi connectivity index (χ3n) is 5.05. The first-order chi connectivity index (χ1) is 16.0. The van der Waals surface area contributed by atoms with Gasteiger partial charge in [-0.05, 0) is 55.0 Å². The maximum absolute atomic E-state index is 12.7. The highest BCUT2D eigenvalue weighted by Gasteiger charge is 2.33. The van der Waals surface area contributed by atoms with Crippen LogP contribution in [0.25, 0.3) is 0 Å². The highest BCUT2D eigenvalue weighted by molar-refractivity contribution is 8.00. The maximum atomic E-state index is 12.7. The Balaban J connectivity index is 1.43. The minimum absolute atomic E-state index is 0.0476. The summed E-state index contributed by atoms with van der Waals surface area (Å²) in [6.07, 6.45) is 1.59. The Bertz CT molecular complexity index is 1160. The largest absolute Gasteiger partial charge is 0.467 e. The Morgan fingerprint density at radius 3 is 2.67 bits per heavy atom. The van der Waals surface area contributed by atoms with Crippen LogP contribution in [0.2, 0.25) is 5.02 Å². The van der Waals surface area contributed by atoms with E-state index >= 15 is 0 Å². The second-order valence-electron chi connectivity index (χ2n) is 7.26. The van der Waals surface area contributed by atoms with Crippen LogP contribution in [-0.4, -0.2) is 35.0 Å². The van der Waals surface area contributed by atoms with Crippen LogP contribution in [0.3, 0.4) is 0 Å². The molecular weight excluding hydrogens is 464 g/mol. The zero-order chi connectivity index (χ0) is 23.4. The standard InChI is InChI=1S/C24H21ClN2O5S/c1-2-31-24(30)19-10-9-17(12-20(19)25)26-22(29)15-5-7-16(8-6-15)23-27(21(28)14-33-23)13-18-4-3-11-32-18/h3-12,23H,2,13-14H2,1H3,(H,26,29)/t23-/m0/s1. The van der Waals surface area contributed by atoms with E-state index in [1.807, 2.05) is 18.2 Å². The Kier molecular flexibility index (Phi) is 7.05. The van der Waals surface area contributed by atoms with Crippen molar-refractivity contribution < 1.29 is 23.5 Å². The summed E-state index contributed by atoms with van der Waals surface area (Å²) in [5.74, 6) is 0.339. The molecule has 2 amide bonds. The summed E-state index contributed by atoms with van der Waals surface area (Å²) in [7, 11) is 0. The van der Waals surface area contributed by atoms with E-state index in [0.29, 0.717) is 23.5 Å². The molecular formula is C24H21ClN2O5S. The molecule has 0 radical (unpaired) electrons. The van der Waals surface area contributed by atoms with Gasteiger partial charge >= 0.3 is 5.97 Å². The van der Waals surface area contributed by atoms with E-state index in [9.17, 15) is 14.4 Å². The van der Waals surface area contributed by atoms with Crippen LogP contribution >= 0.6 is 23.4 Å². The molecule has 0 aliphatic carbocycles. The van der Waals surface area contributed by atoms with Gasteiger partial charge in [0.2, 0.25) is 5.91 Å². The van der Waals surface area contributed by atoms with Crippen molar-refractivity contribution in [1.29, 1.82) is 0 Å². The number of hydrogen-bond acceptors (Lipinski definition) is 6. The summed E-state index contributed by atoms with van der Waals surface area (Å²) in [6.45, 7) is 2.36. The SMILES string of the molecule is CCOC(=O)c1ccc(NC(=O)c2ccc([C@@H]3SCC(=O)N3Cc3ccco3)cc2)cc1Cl. The number of carbonyl (C=O) groups is 3. The van der Waals surface area contributed by atoms with Gasteiger partial charge in [-0.3, -0.25) is 9.59 Å². The van der Waals surface area contributed by atoms with E-state index in [0.717, 1.165) is 11.3 Å². The molecule has 1 aromatic heterocycles. The fourth-order valence-electron chi connectivity index (χ4n) is 3.44. The first-order valence-corrected chi connectivity index (χ1v) is 11.7. The maximum Gasteiger partial charge on any atom is 0.339 e. The Morgan fingerprint density at radius 2 is 2.00 bits per heavy atom. The van der Waals surface area contributed by atoms with Crippen molar-refractivity contribution in [1.82, 2.24) is 4.90 Å². The number of amides is 2. The average molecular weight is 485 g/mol. The predicted molar refractivity (Wildman–Crippen MR) is 126 cm³/mol. The van der Waals surface area contributed by atoms with Gasteiger partial charge in [0.05, 0.1) is 35.8 Å². The van der Waals surface area contributed by atoms with E-state index in [1.54, 1.807) is 54.1 Å². The zero-order valence-electron chi connectivity index (χ0n) is 17.7. The molecule has 2 aromatic carbocycles. The fourth-order valence-corrected chi connectivity index (χ4v) is 4.89. The molecule has 9 heteroatoms. The second kappa shape index (κ2) is 10.1. The number of hydrogen-bond donors (Lipinski definition) is 1. The van der Waals surface area contributed by atoms with Gasteiger partial charge in [-0.25, -0.2) is 4.79 Å². The molecule has 3 aromatic rings. The summed E-state index contributed by atoms with van der Waals surface area (Å²) < 4.78 is 10.3. The number of nitrogens with one attached hydrogen (secondary N) is 1. The van der Waals surface area contributed by atoms with Crippen LogP contribution < -0.4 is 5.32 Å². The van der Waals surface area contributed by atoms with Gasteiger partial charge in [-0.1, -0.05) is 23.7 Å². The van der Waals surface area contributed by atoms with Crippen molar-refractivity contribution in [3.05, 3.63) is 88.3 Å². The number of ether oxygens (including phenoxy) is 1. The number of carbonyl (C=O) groups excluding carboxylic acids is 3. The molecule has 1 aliphatic rings. The van der Waals surface area contributed by atoms with Gasteiger partial charge in [-0.2, -0.15) is 0 Å². The summed E-state index contributed by atoms with van der Waals surface area (Å²) in [5, 5.41) is 2.83. The van der Waals surface area contributed by atoms with Crippen molar-refractivity contribution in [2.75, 3.05) is 17.7 Å². The molecule has 170 valence electrons. The Morgan fingerprint density at radius 1 is 1.21 bits per heavy atom. The summed E-state index contributed by atoms with van der Waals surface area (Å²) in [6, 6.07) is 15.4. The quantitative estimate of drug-likeness (QED) is 0.467. The van der Waals surface area contributed by atoms with Gasteiger partial charge in [0.1, 0.15) is 11.1 Å². The first-order valence-electron chi connectivity index (χ1n) is 10.3. The van der Waals surface area contributed by atoms with Crippen LogP contribution in [0.15, 0.2) is 65.3 Å². The molecule has 33 heavy (non-hydrogen) atoms. The molecule has 0 bridgehead atoms. The monoisotopic (exact) mass is 484 g/mol. The molecule has 0 spiro atoms. The lowest BCUT2D eigenvalue weighted by molar-refractivity contribution is -0.128. The zero-order valence-corrected chi connectivity index (χ0v) is 19.3. The summed E-state index contributed by atoms with van der Waals surface area (Å²) >= 11 is 7.71. The van der Waals surface area contributed by atoms with E-state index in [-0.39, 0.29) is 34.4 Å². The van der Waals surface area contributed by atoms with Gasteiger partial charge in [0, 0.05) is 11.3 Å². The Hall–Kier alpha value is -3.23. The van der Waals surface area contributed by atoms with E-state index in [1.165, 1.54) is 12.1 Å². The first kappa shape index (κ1) is 22.9. The van der Waals surface area contributed by atoms with Gasteiger partial charge in [0.15, 0.2) is 0 Å². The summed E-state index contributed by atoms with van der Waals surface area (Å²) in [4.78, 5) is 38.7. The van der Waals surface area contributed by atoms with Crippen molar-refractivity contribution in [2.45, 2.75) is 18.8 Å². The van der Waals surface area contributed by atoms with Crippen LogP contribution in [-0.2, 0) is 16.1 Å². The predicted octanol–water partition coefficient (Wildman–Crippen LogP) is 5.14. The third kappa shape index (κ3) is 5.23. The third-order valence-corrected chi connectivity index (χ3v) is 6.62. The number of esters is 1. The molecule has 7 nitrogen and oxygen atoms in total. The number of rotatable bonds is 7. The smallest absolute Gasteiger partial charge is 0.339 e. The molecule has 1 atom stereocenters. The number of anilines is 1. The molecule has 0 unspecified atom stereocenters. The Labute approximate surface area is 200 Å². The highest BCUT2D eigenvalue weighted by Crippen LogP contribution is 2.39. The van der Waals surface area contributed by atoms with Crippen LogP contribution in [0.4, 0.5) is 5.69 Å². The molecule has 4 rings (SSSR count). The van der Waals surface area contributed by atoms with E-state index < -0.39 is 5.97 Å². The number of furan rings is 1. The van der Waals surface area contributed by atoms with Crippen molar-refractivity contribution in [3.8, 4) is 0 Å². The minimum Gasteiger partial charge on any atom is -0.467 e.